The molecule has 27 heavy (non-hydrogen) atoms. The number of hydrogen-bond donors (Lipinski definition) is 1. The number of pyridine rings is 1. The van der Waals surface area contributed by atoms with Crippen molar-refractivity contribution in [1.29, 1.82) is 0 Å². The van der Waals surface area contributed by atoms with Crippen LogP contribution in [0.15, 0.2) is 41.3 Å². The number of piperazine rings is 1. The van der Waals surface area contributed by atoms with Gasteiger partial charge in [0.1, 0.15) is 16.7 Å². The van der Waals surface area contributed by atoms with Crippen LogP contribution in [0, 0.1) is 6.92 Å². The molecule has 1 aliphatic heterocycles. The van der Waals surface area contributed by atoms with Crippen molar-refractivity contribution in [1.82, 2.24) is 25.1 Å². The number of rotatable bonds is 2. The SMILES string of the molecule is Cc1cc(N2CCN(c3ncnc4[nH]nc(Br)c34)CC2)c2ccccc2n1. The minimum atomic E-state index is 0.755. The van der Waals surface area contributed by atoms with Gasteiger partial charge in [-0.2, -0.15) is 5.10 Å². The van der Waals surface area contributed by atoms with Crippen LogP contribution in [-0.2, 0) is 0 Å². The van der Waals surface area contributed by atoms with Gasteiger partial charge in [-0.05, 0) is 35.0 Å². The van der Waals surface area contributed by atoms with Crippen molar-refractivity contribution >= 4 is 49.4 Å². The quantitative estimate of drug-likeness (QED) is 0.533. The van der Waals surface area contributed by atoms with E-state index in [2.05, 4.69) is 82.1 Å². The highest BCUT2D eigenvalue weighted by molar-refractivity contribution is 9.10. The molecular weight excluding hydrogens is 406 g/mol. The van der Waals surface area contributed by atoms with Crippen molar-refractivity contribution in [2.75, 3.05) is 36.0 Å². The van der Waals surface area contributed by atoms with E-state index in [1.54, 1.807) is 6.33 Å². The summed E-state index contributed by atoms with van der Waals surface area (Å²) in [5.41, 5.74) is 4.11. The molecule has 0 amide bonds. The van der Waals surface area contributed by atoms with Gasteiger partial charge in [0.25, 0.3) is 0 Å². The number of nitrogens with zero attached hydrogens (tertiary/aromatic N) is 6. The molecule has 1 N–H and O–H groups in total. The van der Waals surface area contributed by atoms with E-state index in [0.717, 1.165) is 58.8 Å². The van der Waals surface area contributed by atoms with Gasteiger partial charge in [-0.15, -0.1) is 0 Å². The summed E-state index contributed by atoms with van der Waals surface area (Å²) in [6.45, 7) is 5.68. The van der Waals surface area contributed by atoms with Crippen molar-refractivity contribution in [3.05, 3.63) is 47.0 Å². The molecule has 0 radical (unpaired) electrons. The van der Waals surface area contributed by atoms with Gasteiger partial charge in [-0.25, -0.2) is 9.97 Å². The Morgan fingerprint density at radius 1 is 1.04 bits per heavy atom. The van der Waals surface area contributed by atoms with E-state index in [9.17, 15) is 0 Å². The fourth-order valence-electron chi connectivity index (χ4n) is 3.76. The maximum atomic E-state index is 4.66. The largest absolute Gasteiger partial charge is 0.367 e. The molecule has 8 heteroatoms. The van der Waals surface area contributed by atoms with E-state index in [0.29, 0.717) is 0 Å². The number of fused-ring (bicyclic) bond motifs is 2. The Morgan fingerprint density at radius 3 is 2.67 bits per heavy atom. The van der Waals surface area contributed by atoms with Crippen LogP contribution in [0.2, 0.25) is 0 Å². The second kappa shape index (κ2) is 6.45. The Morgan fingerprint density at radius 2 is 1.81 bits per heavy atom. The predicted octanol–water partition coefficient (Wildman–Crippen LogP) is 3.30. The highest BCUT2D eigenvalue weighted by atomic mass is 79.9. The molecule has 1 aromatic carbocycles. The Bertz CT molecular complexity index is 1130. The highest BCUT2D eigenvalue weighted by Gasteiger charge is 2.23. The van der Waals surface area contributed by atoms with Crippen LogP contribution < -0.4 is 9.80 Å². The Hall–Kier alpha value is -2.74. The Labute approximate surface area is 164 Å². The lowest BCUT2D eigenvalue weighted by atomic mass is 10.1. The summed E-state index contributed by atoms with van der Waals surface area (Å²) in [7, 11) is 0. The fourth-order valence-corrected chi connectivity index (χ4v) is 4.21. The molecule has 3 aromatic heterocycles. The molecule has 0 saturated carbocycles. The van der Waals surface area contributed by atoms with E-state index in [-0.39, 0.29) is 0 Å². The van der Waals surface area contributed by atoms with Crippen molar-refractivity contribution in [2.45, 2.75) is 6.92 Å². The van der Waals surface area contributed by atoms with Crippen LogP contribution in [0.25, 0.3) is 21.9 Å². The summed E-state index contributed by atoms with van der Waals surface area (Å²) >= 11 is 3.50. The van der Waals surface area contributed by atoms with E-state index in [1.165, 1.54) is 11.1 Å². The number of aromatic nitrogens is 5. The zero-order valence-electron chi connectivity index (χ0n) is 14.9. The summed E-state index contributed by atoms with van der Waals surface area (Å²) in [6, 6.07) is 10.5. The van der Waals surface area contributed by atoms with Crippen LogP contribution in [0.4, 0.5) is 11.5 Å². The molecule has 0 aliphatic carbocycles. The van der Waals surface area contributed by atoms with E-state index in [1.807, 2.05) is 6.07 Å². The first-order chi connectivity index (χ1) is 13.2. The van der Waals surface area contributed by atoms with E-state index < -0.39 is 0 Å². The summed E-state index contributed by atoms with van der Waals surface area (Å²) in [5, 5.41) is 9.29. The second-order valence-corrected chi connectivity index (χ2v) is 7.46. The molecule has 136 valence electrons. The monoisotopic (exact) mass is 423 g/mol. The van der Waals surface area contributed by atoms with Crippen molar-refractivity contribution < 1.29 is 0 Å². The molecule has 0 atom stereocenters. The number of H-pyrrole nitrogens is 1. The normalized spacial score (nSPS) is 15.0. The number of anilines is 2. The number of hydrogen-bond acceptors (Lipinski definition) is 6. The topological polar surface area (TPSA) is 73.8 Å². The lowest BCUT2D eigenvalue weighted by Crippen LogP contribution is -2.47. The maximum Gasteiger partial charge on any atom is 0.161 e. The first-order valence-electron chi connectivity index (χ1n) is 8.91. The first-order valence-corrected chi connectivity index (χ1v) is 9.71. The van der Waals surface area contributed by atoms with E-state index >= 15 is 0 Å². The molecule has 0 bridgehead atoms. The molecule has 0 spiro atoms. The van der Waals surface area contributed by atoms with Crippen LogP contribution >= 0.6 is 15.9 Å². The molecule has 1 aliphatic rings. The Balaban J connectivity index is 1.45. The number of nitrogens with one attached hydrogen (secondary N) is 1. The minimum Gasteiger partial charge on any atom is -0.367 e. The first kappa shape index (κ1) is 16.4. The van der Waals surface area contributed by atoms with Gasteiger partial charge in [0.05, 0.1) is 10.9 Å². The Kier molecular flexibility index (Phi) is 3.93. The van der Waals surface area contributed by atoms with Crippen molar-refractivity contribution in [3.63, 3.8) is 0 Å². The summed E-state index contributed by atoms with van der Waals surface area (Å²) < 4.78 is 0.756. The van der Waals surface area contributed by atoms with Crippen LogP contribution in [0.1, 0.15) is 5.69 Å². The van der Waals surface area contributed by atoms with Crippen LogP contribution in [-0.4, -0.2) is 51.3 Å². The van der Waals surface area contributed by atoms with Gasteiger partial charge >= 0.3 is 0 Å². The lowest BCUT2D eigenvalue weighted by Gasteiger charge is -2.37. The van der Waals surface area contributed by atoms with Crippen LogP contribution in [0.3, 0.4) is 0 Å². The maximum absolute atomic E-state index is 4.66. The standard InChI is InChI=1S/C19H18BrN7/c1-12-10-15(13-4-2-3-5-14(13)23-12)26-6-8-27(9-7-26)19-16-17(20)24-25-18(16)21-11-22-19/h2-5,10-11H,6-9H2,1H3,(H,21,22,24,25). The summed E-state index contributed by atoms with van der Waals surface area (Å²) in [6.07, 6.45) is 1.59. The molecule has 7 nitrogen and oxygen atoms in total. The van der Waals surface area contributed by atoms with Crippen molar-refractivity contribution in [3.8, 4) is 0 Å². The third-order valence-corrected chi connectivity index (χ3v) is 5.61. The van der Waals surface area contributed by atoms with E-state index in [4.69, 9.17) is 0 Å². The number of aryl methyl sites for hydroxylation is 1. The summed E-state index contributed by atoms with van der Waals surface area (Å²) in [5.74, 6) is 0.927. The average Bonchev–Trinajstić information content (AvgIpc) is 3.09. The molecular formula is C19H18BrN7. The molecule has 1 fully saturated rings. The number of aromatic amines is 1. The third kappa shape index (κ3) is 2.80. The zero-order valence-corrected chi connectivity index (χ0v) is 16.4. The van der Waals surface area contributed by atoms with Gasteiger partial charge < -0.3 is 9.80 Å². The van der Waals surface area contributed by atoms with Gasteiger partial charge in [-0.1, -0.05) is 18.2 Å². The highest BCUT2D eigenvalue weighted by Crippen LogP contribution is 2.31. The minimum absolute atomic E-state index is 0.755. The third-order valence-electron chi connectivity index (χ3n) is 5.04. The molecule has 1 saturated heterocycles. The van der Waals surface area contributed by atoms with Gasteiger partial charge in [0.15, 0.2) is 5.65 Å². The van der Waals surface area contributed by atoms with Crippen molar-refractivity contribution in [2.24, 2.45) is 0 Å². The number of para-hydroxylation sites is 1. The average molecular weight is 424 g/mol. The molecule has 4 heterocycles. The van der Waals surface area contributed by atoms with Gasteiger partial charge in [0.2, 0.25) is 0 Å². The second-order valence-electron chi connectivity index (χ2n) is 6.71. The lowest BCUT2D eigenvalue weighted by molar-refractivity contribution is 0.650. The summed E-state index contributed by atoms with van der Waals surface area (Å²) in [4.78, 5) is 18.2. The van der Waals surface area contributed by atoms with Crippen LogP contribution in [0.5, 0.6) is 0 Å². The number of halogens is 1. The number of benzene rings is 1. The van der Waals surface area contributed by atoms with Gasteiger partial charge in [-0.3, -0.25) is 10.1 Å². The molecule has 5 rings (SSSR count). The van der Waals surface area contributed by atoms with Gasteiger partial charge in [0, 0.05) is 42.9 Å². The zero-order chi connectivity index (χ0) is 18.4. The fraction of sp³-hybridized carbons (Fsp3) is 0.263. The molecule has 0 unspecified atom stereocenters. The smallest absolute Gasteiger partial charge is 0.161 e. The molecule has 4 aromatic rings. The predicted molar refractivity (Wildman–Crippen MR) is 110 cm³/mol.